The van der Waals surface area contributed by atoms with E-state index in [-0.39, 0.29) is 6.10 Å². The number of likely N-dealkylation sites (N-methyl/N-ethyl adjacent to an activating group) is 1. The summed E-state index contributed by atoms with van der Waals surface area (Å²) in [6, 6.07) is 10.5. The molecule has 1 saturated heterocycles. The standard InChI is InChI=1S/C13H19NO2/c1-14-8-13(15)7-12(14)10-16-9-11-5-3-2-4-6-11/h2-6,12-13,15H,7-10H2,1H3/t12-,13?/m1/s1. The molecule has 2 atom stereocenters. The second-order valence-corrected chi connectivity index (χ2v) is 4.48. The molecule has 1 aromatic carbocycles. The lowest BCUT2D eigenvalue weighted by atomic mass is 10.2. The minimum absolute atomic E-state index is 0.185. The number of likely N-dealkylation sites (tertiary alicyclic amines) is 1. The van der Waals surface area contributed by atoms with Gasteiger partial charge >= 0.3 is 0 Å². The number of rotatable bonds is 4. The molecule has 0 radical (unpaired) electrons. The molecule has 88 valence electrons. The van der Waals surface area contributed by atoms with Crippen LogP contribution in [-0.4, -0.2) is 42.4 Å². The Labute approximate surface area is 96.6 Å². The van der Waals surface area contributed by atoms with Gasteiger partial charge in [0.2, 0.25) is 0 Å². The Morgan fingerprint density at radius 3 is 2.75 bits per heavy atom. The van der Waals surface area contributed by atoms with E-state index >= 15 is 0 Å². The van der Waals surface area contributed by atoms with Crippen molar-refractivity contribution >= 4 is 0 Å². The van der Waals surface area contributed by atoms with E-state index in [1.807, 2.05) is 25.2 Å². The quantitative estimate of drug-likeness (QED) is 0.831. The van der Waals surface area contributed by atoms with Gasteiger partial charge in [0.05, 0.1) is 19.3 Å². The maximum absolute atomic E-state index is 9.49. The lowest BCUT2D eigenvalue weighted by Gasteiger charge is -2.18. The van der Waals surface area contributed by atoms with Crippen molar-refractivity contribution in [3.63, 3.8) is 0 Å². The smallest absolute Gasteiger partial charge is 0.0717 e. The van der Waals surface area contributed by atoms with Gasteiger partial charge in [-0.2, -0.15) is 0 Å². The zero-order valence-corrected chi connectivity index (χ0v) is 9.67. The van der Waals surface area contributed by atoms with Crippen molar-refractivity contribution in [1.29, 1.82) is 0 Å². The van der Waals surface area contributed by atoms with Gasteiger partial charge in [0.25, 0.3) is 0 Å². The molecule has 1 unspecified atom stereocenters. The molecule has 1 aliphatic heterocycles. The molecule has 2 rings (SSSR count). The van der Waals surface area contributed by atoms with Gasteiger partial charge in [-0.1, -0.05) is 30.3 Å². The van der Waals surface area contributed by atoms with E-state index in [2.05, 4.69) is 17.0 Å². The summed E-state index contributed by atoms with van der Waals surface area (Å²) in [5, 5.41) is 9.49. The summed E-state index contributed by atoms with van der Waals surface area (Å²) in [7, 11) is 2.03. The highest BCUT2D eigenvalue weighted by molar-refractivity contribution is 5.13. The average Bonchev–Trinajstić information content (AvgIpc) is 2.59. The molecule has 1 heterocycles. The van der Waals surface area contributed by atoms with E-state index in [1.165, 1.54) is 5.56 Å². The maximum atomic E-state index is 9.49. The van der Waals surface area contributed by atoms with Gasteiger partial charge in [-0.25, -0.2) is 0 Å². The molecule has 3 nitrogen and oxygen atoms in total. The summed E-state index contributed by atoms with van der Waals surface area (Å²) in [6.07, 6.45) is 0.640. The van der Waals surface area contributed by atoms with Gasteiger partial charge < -0.3 is 9.84 Å². The summed E-state index contributed by atoms with van der Waals surface area (Å²) in [5.74, 6) is 0. The van der Waals surface area contributed by atoms with Gasteiger partial charge in [0.1, 0.15) is 0 Å². The molecule has 1 aromatic rings. The number of ether oxygens (including phenoxy) is 1. The van der Waals surface area contributed by atoms with Crippen LogP contribution in [0.15, 0.2) is 30.3 Å². The maximum Gasteiger partial charge on any atom is 0.0717 e. The summed E-state index contributed by atoms with van der Waals surface area (Å²) < 4.78 is 5.67. The number of β-amino-alcohol motifs (C(OH)–C–C–N with tert-alkyl or cyclic N) is 1. The van der Waals surface area contributed by atoms with Gasteiger partial charge in [-0.05, 0) is 19.0 Å². The molecule has 0 aromatic heterocycles. The molecule has 1 fully saturated rings. The lowest BCUT2D eigenvalue weighted by Crippen LogP contribution is -2.29. The number of hydrogen-bond acceptors (Lipinski definition) is 3. The SMILES string of the molecule is CN1CC(O)C[C@@H]1COCc1ccccc1. The second kappa shape index (κ2) is 5.43. The monoisotopic (exact) mass is 221 g/mol. The third-order valence-electron chi connectivity index (χ3n) is 3.09. The first-order valence-corrected chi connectivity index (χ1v) is 5.75. The van der Waals surface area contributed by atoms with Crippen molar-refractivity contribution in [1.82, 2.24) is 4.90 Å². The van der Waals surface area contributed by atoms with E-state index in [4.69, 9.17) is 4.74 Å². The third-order valence-corrected chi connectivity index (χ3v) is 3.09. The molecule has 16 heavy (non-hydrogen) atoms. The first-order valence-electron chi connectivity index (χ1n) is 5.75. The Hall–Kier alpha value is -0.900. The zero-order valence-electron chi connectivity index (χ0n) is 9.67. The van der Waals surface area contributed by atoms with Crippen LogP contribution in [0.4, 0.5) is 0 Å². The fraction of sp³-hybridized carbons (Fsp3) is 0.538. The summed E-state index contributed by atoms with van der Waals surface area (Å²) >= 11 is 0. The minimum Gasteiger partial charge on any atom is -0.392 e. The lowest BCUT2D eigenvalue weighted by molar-refractivity contribution is 0.0745. The predicted molar refractivity (Wildman–Crippen MR) is 63.1 cm³/mol. The zero-order chi connectivity index (χ0) is 11.4. The number of aliphatic hydroxyl groups excluding tert-OH is 1. The number of hydrogen-bond donors (Lipinski definition) is 1. The highest BCUT2D eigenvalue weighted by Gasteiger charge is 2.27. The van der Waals surface area contributed by atoms with E-state index < -0.39 is 0 Å². The van der Waals surface area contributed by atoms with Crippen LogP contribution in [0, 0.1) is 0 Å². The normalized spacial score (nSPS) is 26.1. The Balaban J connectivity index is 1.72. The highest BCUT2D eigenvalue weighted by Crippen LogP contribution is 2.16. The molecule has 1 aliphatic rings. The molecule has 0 aliphatic carbocycles. The van der Waals surface area contributed by atoms with Crippen molar-refractivity contribution < 1.29 is 9.84 Å². The minimum atomic E-state index is -0.185. The molecular formula is C13H19NO2. The van der Waals surface area contributed by atoms with Gasteiger partial charge in [0, 0.05) is 12.6 Å². The van der Waals surface area contributed by atoms with Crippen molar-refractivity contribution in [3.05, 3.63) is 35.9 Å². The van der Waals surface area contributed by atoms with Crippen LogP contribution < -0.4 is 0 Å². The van der Waals surface area contributed by atoms with Crippen LogP contribution in [0.3, 0.4) is 0 Å². The molecule has 0 bridgehead atoms. The molecule has 0 saturated carbocycles. The second-order valence-electron chi connectivity index (χ2n) is 4.48. The number of aliphatic hydroxyl groups is 1. The molecule has 0 amide bonds. The topological polar surface area (TPSA) is 32.7 Å². The Morgan fingerprint density at radius 2 is 2.12 bits per heavy atom. The van der Waals surface area contributed by atoms with Crippen LogP contribution in [0.5, 0.6) is 0 Å². The molecular weight excluding hydrogens is 202 g/mol. The van der Waals surface area contributed by atoms with E-state index in [1.54, 1.807) is 0 Å². The van der Waals surface area contributed by atoms with Gasteiger partial charge in [-0.15, -0.1) is 0 Å². The Morgan fingerprint density at radius 1 is 1.38 bits per heavy atom. The van der Waals surface area contributed by atoms with Crippen molar-refractivity contribution in [3.8, 4) is 0 Å². The van der Waals surface area contributed by atoms with Crippen LogP contribution in [0.25, 0.3) is 0 Å². The fourth-order valence-electron chi connectivity index (χ4n) is 2.13. The van der Waals surface area contributed by atoms with Gasteiger partial charge in [0.15, 0.2) is 0 Å². The van der Waals surface area contributed by atoms with Crippen LogP contribution >= 0.6 is 0 Å². The number of benzene rings is 1. The number of nitrogens with zero attached hydrogens (tertiary/aromatic N) is 1. The average molecular weight is 221 g/mol. The van der Waals surface area contributed by atoms with E-state index in [0.29, 0.717) is 19.3 Å². The van der Waals surface area contributed by atoms with Crippen molar-refractivity contribution in [2.75, 3.05) is 20.2 Å². The van der Waals surface area contributed by atoms with Gasteiger partial charge in [-0.3, -0.25) is 4.90 Å². The molecule has 3 heteroatoms. The first kappa shape index (κ1) is 11.6. The highest BCUT2D eigenvalue weighted by atomic mass is 16.5. The van der Waals surface area contributed by atoms with Crippen LogP contribution in [0.1, 0.15) is 12.0 Å². The summed E-state index contributed by atoms with van der Waals surface area (Å²) in [6.45, 7) is 2.11. The van der Waals surface area contributed by atoms with Crippen LogP contribution in [0.2, 0.25) is 0 Å². The fourth-order valence-corrected chi connectivity index (χ4v) is 2.13. The first-order chi connectivity index (χ1) is 7.75. The predicted octanol–water partition coefficient (Wildman–Crippen LogP) is 1.27. The van der Waals surface area contributed by atoms with E-state index in [9.17, 15) is 5.11 Å². The third kappa shape index (κ3) is 3.04. The summed E-state index contributed by atoms with van der Waals surface area (Å²) in [5.41, 5.74) is 1.20. The van der Waals surface area contributed by atoms with Crippen LogP contribution in [-0.2, 0) is 11.3 Å². The van der Waals surface area contributed by atoms with E-state index in [0.717, 1.165) is 13.0 Å². The largest absolute Gasteiger partial charge is 0.392 e. The molecule has 0 spiro atoms. The van der Waals surface area contributed by atoms with Crippen molar-refractivity contribution in [2.24, 2.45) is 0 Å². The van der Waals surface area contributed by atoms with Crippen molar-refractivity contribution in [2.45, 2.75) is 25.2 Å². The molecule has 1 N–H and O–H groups in total. The Kier molecular flexibility index (Phi) is 3.93. The Bertz CT molecular complexity index is 315. The summed E-state index contributed by atoms with van der Waals surface area (Å²) in [4.78, 5) is 2.16.